The summed E-state index contributed by atoms with van der Waals surface area (Å²) in [5.74, 6) is 2.04. The number of aromatic carboxylic acids is 1. The van der Waals surface area contributed by atoms with E-state index in [1.54, 1.807) is 25.3 Å². The molecule has 0 saturated heterocycles. The standard InChI is InChI=1S/C19H24O4/c1-22-11-23-17-3-2-15(18(20)21)7-16(17)19-8-12-4-13(9-19)6-14(5-12)10-19/h2-3,7,12-14H,4-6,8-11H2,1H3,(H,20,21)/p-1. The van der Waals surface area contributed by atoms with Crippen molar-refractivity contribution >= 4 is 5.97 Å². The number of methoxy groups -OCH3 is 1. The second-order valence-electron chi connectivity index (χ2n) is 7.75. The predicted molar refractivity (Wildman–Crippen MR) is 83.1 cm³/mol. The lowest BCUT2D eigenvalue weighted by molar-refractivity contribution is -0.255. The number of carbonyl (C=O) groups is 1. The van der Waals surface area contributed by atoms with Crippen molar-refractivity contribution in [2.24, 2.45) is 17.8 Å². The molecule has 1 aromatic rings. The molecule has 0 aliphatic heterocycles. The minimum Gasteiger partial charge on any atom is -0.545 e. The van der Waals surface area contributed by atoms with Gasteiger partial charge >= 0.3 is 0 Å². The summed E-state index contributed by atoms with van der Waals surface area (Å²) in [5.41, 5.74) is 1.40. The molecule has 0 aromatic heterocycles. The SMILES string of the molecule is COCOc1ccc(C(=O)[O-])cc1C12CC3CC(CC(C3)C1)C2. The Morgan fingerprint density at radius 3 is 2.30 bits per heavy atom. The number of benzene rings is 1. The van der Waals surface area contributed by atoms with Gasteiger partial charge in [-0.05, 0) is 85.5 Å². The van der Waals surface area contributed by atoms with Gasteiger partial charge in [0, 0.05) is 12.7 Å². The molecule has 23 heavy (non-hydrogen) atoms. The van der Waals surface area contributed by atoms with Gasteiger partial charge in [0.25, 0.3) is 0 Å². The number of rotatable bonds is 5. The van der Waals surface area contributed by atoms with Crippen LogP contribution < -0.4 is 9.84 Å². The van der Waals surface area contributed by atoms with Crippen molar-refractivity contribution in [3.63, 3.8) is 0 Å². The maximum atomic E-state index is 11.3. The van der Waals surface area contributed by atoms with Crippen molar-refractivity contribution < 1.29 is 19.4 Å². The lowest BCUT2D eigenvalue weighted by Crippen LogP contribution is -2.48. The van der Waals surface area contributed by atoms with Crippen molar-refractivity contribution in [2.75, 3.05) is 13.9 Å². The van der Waals surface area contributed by atoms with Gasteiger partial charge in [0.1, 0.15) is 5.75 Å². The molecule has 4 aliphatic carbocycles. The van der Waals surface area contributed by atoms with Crippen LogP contribution in [0.1, 0.15) is 54.4 Å². The Morgan fingerprint density at radius 1 is 1.17 bits per heavy atom. The summed E-state index contributed by atoms with van der Waals surface area (Å²) in [6, 6.07) is 5.15. The van der Waals surface area contributed by atoms with E-state index in [1.807, 2.05) is 0 Å². The lowest BCUT2D eigenvalue weighted by atomic mass is 9.48. The first-order valence-electron chi connectivity index (χ1n) is 8.57. The van der Waals surface area contributed by atoms with E-state index in [1.165, 1.54) is 38.5 Å². The van der Waals surface area contributed by atoms with E-state index in [9.17, 15) is 9.90 Å². The third-order valence-electron chi connectivity index (χ3n) is 6.16. The molecule has 1 aromatic carbocycles. The van der Waals surface area contributed by atoms with Crippen molar-refractivity contribution in [3.8, 4) is 5.75 Å². The maximum absolute atomic E-state index is 11.3. The third-order valence-corrected chi connectivity index (χ3v) is 6.16. The quantitative estimate of drug-likeness (QED) is 0.783. The highest BCUT2D eigenvalue weighted by atomic mass is 16.7. The Labute approximate surface area is 136 Å². The van der Waals surface area contributed by atoms with Crippen LogP contribution in [0, 0.1) is 17.8 Å². The Bertz CT molecular complexity index is 587. The molecule has 0 unspecified atom stereocenters. The second kappa shape index (κ2) is 5.52. The van der Waals surface area contributed by atoms with Crippen LogP contribution in [-0.4, -0.2) is 19.9 Å². The van der Waals surface area contributed by atoms with Gasteiger partial charge in [-0.3, -0.25) is 0 Å². The molecule has 0 N–H and O–H groups in total. The highest BCUT2D eigenvalue weighted by molar-refractivity contribution is 5.86. The van der Waals surface area contributed by atoms with Crippen LogP contribution in [0.2, 0.25) is 0 Å². The molecular formula is C19H23O4-. The number of hydrogen-bond donors (Lipinski definition) is 0. The van der Waals surface area contributed by atoms with E-state index in [-0.39, 0.29) is 17.8 Å². The fourth-order valence-corrected chi connectivity index (χ4v) is 5.76. The van der Waals surface area contributed by atoms with Gasteiger partial charge < -0.3 is 19.4 Å². The first-order valence-corrected chi connectivity index (χ1v) is 8.57. The van der Waals surface area contributed by atoms with E-state index >= 15 is 0 Å². The monoisotopic (exact) mass is 315 g/mol. The molecule has 4 saturated carbocycles. The minimum absolute atomic E-state index is 0.0866. The highest BCUT2D eigenvalue weighted by Crippen LogP contribution is 2.61. The summed E-state index contributed by atoms with van der Waals surface area (Å²) < 4.78 is 10.8. The third kappa shape index (κ3) is 2.53. The molecule has 4 heteroatoms. The molecule has 124 valence electrons. The molecule has 5 rings (SSSR count). The fraction of sp³-hybridized carbons (Fsp3) is 0.632. The van der Waals surface area contributed by atoms with Crippen LogP contribution in [0.4, 0.5) is 0 Å². The predicted octanol–water partition coefficient (Wildman–Crippen LogP) is 2.50. The average molecular weight is 315 g/mol. The molecule has 4 nitrogen and oxygen atoms in total. The molecule has 4 fully saturated rings. The summed E-state index contributed by atoms with van der Waals surface area (Å²) >= 11 is 0. The Morgan fingerprint density at radius 2 is 1.78 bits per heavy atom. The van der Waals surface area contributed by atoms with E-state index < -0.39 is 5.97 Å². The number of carbonyl (C=O) groups excluding carboxylic acids is 1. The molecule has 0 heterocycles. The number of ether oxygens (including phenoxy) is 2. The summed E-state index contributed by atoms with van der Waals surface area (Å²) in [6.07, 6.45) is 7.56. The van der Waals surface area contributed by atoms with Crippen molar-refractivity contribution in [1.82, 2.24) is 0 Å². The number of carboxylic acid groups (broad SMARTS) is 1. The van der Waals surface area contributed by atoms with Gasteiger partial charge in [-0.1, -0.05) is 0 Å². The zero-order valence-corrected chi connectivity index (χ0v) is 13.5. The molecule has 0 amide bonds. The Hall–Kier alpha value is -1.55. The topological polar surface area (TPSA) is 58.6 Å². The summed E-state index contributed by atoms with van der Waals surface area (Å²) in [6.45, 7) is 0.185. The van der Waals surface area contributed by atoms with Crippen LogP contribution in [0.15, 0.2) is 18.2 Å². The first kappa shape index (κ1) is 15.0. The van der Waals surface area contributed by atoms with Gasteiger partial charge in [0.15, 0.2) is 6.79 Å². The van der Waals surface area contributed by atoms with Gasteiger partial charge in [0.2, 0.25) is 0 Å². The zero-order chi connectivity index (χ0) is 16.0. The minimum atomic E-state index is -1.12. The largest absolute Gasteiger partial charge is 0.545 e. The molecule has 0 radical (unpaired) electrons. The van der Waals surface area contributed by atoms with Crippen molar-refractivity contribution in [1.29, 1.82) is 0 Å². The van der Waals surface area contributed by atoms with Crippen LogP contribution in [0.3, 0.4) is 0 Å². The van der Waals surface area contributed by atoms with Crippen LogP contribution in [0.25, 0.3) is 0 Å². The van der Waals surface area contributed by atoms with Crippen LogP contribution >= 0.6 is 0 Å². The second-order valence-corrected chi connectivity index (χ2v) is 7.75. The number of carboxylic acids is 1. The molecule has 4 aliphatic rings. The molecule has 0 atom stereocenters. The fourth-order valence-electron chi connectivity index (χ4n) is 5.76. The van der Waals surface area contributed by atoms with Gasteiger partial charge in [-0.2, -0.15) is 0 Å². The van der Waals surface area contributed by atoms with Gasteiger partial charge in [0.05, 0.1) is 5.97 Å². The smallest absolute Gasteiger partial charge is 0.188 e. The van der Waals surface area contributed by atoms with Crippen molar-refractivity contribution in [2.45, 2.75) is 43.9 Å². The summed E-state index contributed by atoms with van der Waals surface area (Å²) in [4.78, 5) is 11.3. The molecular weight excluding hydrogens is 292 g/mol. The average Bonchev–Trinajstić information content (AvgIpc) is 2.51. The summed E-state index contributed by atoms with van der Waals surface area (Å²) in [5, 5.41) is 11.3. The molecule has 0 spiro atoms. The number of hydrogen-bond acceptors (Lipinski definition) is 4. The van der Waals surface area contributed by atoms with Crippen LogP contribution in [-0.2, 0) is 10.2 Å². The van der Waals surface area contributed by atoms with Crippen molar-refractivity contribution in [3.05, 3.63) is 29.3 Å². The maximum Gasteiger partial charge on any atom is 0.188 e. The van der Waals surface area contributed by atoms with Crippen LogP contribution in [0.5, 0.6) is 5.75 Å². The van der Waals surface area contributed by atoms with E-state index in [2.05, 4.69) is 0 Å². The summed E-state index contributed by atoms with van der Waals surface area (Å²) in [7, 11) is 1.60. The first-order chi connectivity index (χ1) is 11.1. The lowest BCUT2D eigenvalue weighted by Gasteiger charge is -2.57. The van der Waals surface area contributed by atoms with E-state index in [0.29, 0.717) is 0 Å². The van der Waals surface area contributed by atoms with Gasteiger partial charge in [-0.15, -0.1) is 0 Å². The van der Waals surface area contributed by atoms with Gasteiger partial charge in [-0.25, -0.2) is 0 Å². The highest BCUT2D eigenvalue weighted by Gasteiger charge is 2.52. The molecule has 4 bridgehead atoms. The van der Waals surface area contributed by atoms with E-state index in [0.717, 1.165) is 29.1 Å². The Balaban J connectivity index is 1.76. The van der Waals surface area contributed by atoms with E-state index in [4.69, 9.17) is 9.47 Å². The zero-order valence-electron chi connectivity index (χ0n) is 13.5. The normalized spacial score (nSPS) is 34.6. The Kier molecular flexibility index (Phi) is 3.60.